The van der Waals surface area contributed by atoms with E-state index < -0.39 is 56.1 Å². The molecule has 1 saturated carbocycles. The normalized spacial score (nSPS) is 21.3. The molecule has 194 valence electrons. The van der Waals surface area contributed by atoms with Crippen LogP contribution < -0.4 is 4.74 Å². The second-order valence-electron chi connectivity index (χ2n) is 8.66. The minimum Gasteiger partial charge on any atom is -0.484 e. The zero-order valence-electron chi connectivity index (χ0n) is 18.3. The summed E-state index contributed by atoms with van der Waals surface area (Å²) in [5.74, 6) is -2.15. The number of aromatic nitrogens is 1. The summed E-state index contributed by atoms with van der Waals surface area (Å²) in [5.41, 5.74) is -0.441. The maximum absolute atomic E-state index is 13.5. The highest BCUT2D eigenvalue weighted by atomic mass is 35.5. The Hall–Kier alpha value is -2.57. The van der Waals surface area contributed by atoms with Crippen LogP contribution in [0.2, 0.25) is 10.2 Å². The van der Waals surface area contributed by atoms with E-state index in [2.05, 4.69) is 9.72 Å². The number of alkyl halides is 3. The monoisotopic (exact) mass is 566 g/mol. The lowest BCUT2D eigenvalue weighted by atomic mass is 9.95. The number of pyridine rings is 1. The maximum Gasteiger partial charge on any atom is 0.422 e. The minimum absolute atomic E-state index is 0.226. The number of rotatable bonds is 7. The van der Waals surface area contributed by atoms with Gasteiger partial charge in [-0.15, -0.1) is 0 Å². The number of carbonyl (C=O) groups excluding carboxylic acids is 1. The van der Waals surface area contributed by atoms with Crippen molar-refractivity contribution < 1.29 is 41.0 Å². The molecule has 4 rings (SSSR count). The number of halogens is 5. The number of benzene rings is 1. The van der Waals surface area contributed by atoms with E-state index in [1.165, 1.54) is 12.3 Å². The zero-order valence-corrected chi connectivity index (χ0v) is 20.7. The van der Waals surface area contributed by atoms with Crippen molar-refractivity contribution in [3.8, 4) is 5.75 Å². The first-order chi connectivity index (χ1) is 16.7. The summed E-state index contributed by atoms with van der Waals surface area (Å²) in [4.78, 5) is 30.1. The molecule has 1 N–H and O–H groups in total. The number of sulfone groups is 1. The SMILES string of the molecule is O=C(O)C1CC(S(=O)(=O)c2ccc(OCC(F)(F)F)cc2Cl)CN1C(=O)C1(c2ccc(Cl)nc2)CC1. The van der Waals surface area contributed by atoms with Crippen LogP contribution in [0.3, 0.4) is 0 Å². The Labute approximate surface area is 213 Å². The molecule has 0 bridgehead atoms. The summed E-state index contributed by atoms with van der Waals surface area (Å²) in [6.45, 7) is -1.97. The molecule has 2 aliphatic rings. The molecule has 1 aromatic carbocycles. The van der Waals surface area contributed by atoms with Crippen molar-refractivity contribution in [3.63, 3.8) is 0 Å². The molecule has 1 aromatic heterocycles. The van der Waals surface area contributed by atoms with E-state index in [9.17, 15) is 36.3 Å². The van der Waals surface area contributed by atoms with E-state index in [1.807, 2.05) is 0 Å². The fraction of sp³-hybridized carbons (Fsp3) is 0.409. The molecule has 1 aliphatic carbocycles. The first kappa shape index (κ1) is 26.5. The second kappa shape index (κ2) is 9.38. The van der Waals surface area contributed by atoms with E-state index in [0.29, 0.717) is 18.4 Å². The molecule has 8 nitrogen and oxygen atoms in total. The molecule has 2 unspecified atom stereocenters. The summed E-state index contributed by atoms with van der Waals surface area (Å²) in [7, 11) is -4.25. The topological polar surface area (TPSA) is 114 Å². The van der Waals surface area contributed by atoms with Gasteiger partial charge in [0.1, 0.15) is 16.9 Å². The maximum atomic E-state index is 13.5. The van der Waals surface area contributed by atoms with Crippen LogP contribution in [0.1, 0.15) is 24.8 Å². The number of hydrogen-bond donors (Lipinski definition) is 1. The number of ether oxygens (including phenoxy) is 1. The molecule has 1 saturated heterocycles. The second-order valence-corrected chi connectivity index (χ2v) is 11.7. The number of nitrogens with zero attached hydrogens (tertiary/aromatic N) is 2. The summed E-state index contributed by atoms with van der Waals surface area (Å²) in [5, 5.41) is 8.30. The molecular weight excluding hydrogens is 548 g/mol. The van der Waals surface area contributed by atoms with Gasteiger partial charge in [0, 0.05) is 18.8 Å². The minimum atomic E-state index is -4.59. The first-order valence-corrected chi connectivity index (χ1v) is 12.9. The van der Waals surface area contributed by atoms with Crippen molar-refractivity contribution in [2.24, 2.45) is 0 Å². The van der Waals surface area contributed by atoms with Crippen molar-refractivity contribution in [2.45, 2.75) is 47.0 Å². The highest BCUT2D eigenvalue weighted by Crippen LogP contribution is 2.50. The van der Waals surface area contributed by atoms with Gasteiger partial charge in [-0.25, -0.2) is 18.2 Å². The summed E-state index contributed by atoms with van der Waals surface area (Å²) >= 11 is 11.9. The van der Waals surface area contributed by atoms with Crippen molar-refractivity contribution in [3.05, 3.63) is 52.3 Å². The average Bonchev–Trinajstić information content (AvgIpc) is 3.47. The lowest BCUT2D eigenvalue weighted by Gasteiger charge is -2.27. The number of amides is 1. The van der Waals surface area contributed by atoms with Gasteiger partial charge < -0.3 is 14.7 Å². The van der Waals surface area contributed by atoms with Crippen LogP contribution in [-0.2, 0) is 24.8 Å². The van der Waals surface area contributed by atoms with Crippen LogP contribution in [0.25, 0.3) is 0 Å². The standard InChI is InChI=1S/C22H19Cl2F3N2O6S/c23-15-7-13(35-11-22(25,26)27)2-3-17(15)36(33,34)14-8-16(19(30)31)29(10-14)20(32)21(5-6-21)12-1-4-18(24)28-9-12/h1-4,7,9,14,16H,5-6,8,10-11H2,(H,30,31). The molecule has 14 heteroatoms. The van der Waals surface area contributed by atoms with Gasteiger partial charge >= 0.3 is 12.1 Å². The van der Waals surface area contributed by atoms with Gasteiger partial charge in [-0.05, 0) is 43.0 Å². The van der Waals surface area contributed by atoms with Gasteiger partial charge in [-0.1, -0.05) is 29.3 Å². The van der Waals surface area contributed by atoms with Crippen molar-refractivity contribution in [1.29, 1.82) is 0 Å². The molecule has 2 heterocycles. The zero-order chi connectivity index (χ0) is 26.5. The van der Waals surface area contributed by atoms with E-state index >= 15 is 0 Å². The van der Waals surface area contributed by atoms with Gasteiger partial charge in [0.15, 0.2) is 16.4 Å². The van der Waals surface area contributed by atoms with Crippen molar-refractivity contribution in [2.75, 3.05) is 13.2 Å². The van der Waals surface area contributed by atoms with Crippen LogP contribution >= 0.6 is 23.2 Å². The molecular formula is C22H19Cl2F3N2O6S. The van der Waals surface area contributed by atoms with Gasteiger partial charge in [0.05, 0.1) is 20.6 Å². The van der Waals surface area contributed by atoms with Gasteiger partial charge in [0.25, 0.3) is 0 Å². The Morgan fingerprint density at radius 3 is 2.42 bits per heavy atom. The van der Waals surface area contributed by atoms with E-state index in [-0.39, 0.29) is 28.9 Å². The Kier molecular flexibility index (Phi) is 6.91. The Balaban J connectivity index is 1.58. The van der Waals surface area contributed by atoms with Crippen LogP contribution in [-0.4, -0.2) is 65.9 Å². The Bertz CT molecular complexity index is 1300. The highest BCUT2D eigenvalue weighted by Gasteiger charge is 2.57. The fourth-order valence-electron chi connectivity index (χ4n) is 4.31. The molecule has 2 fully saturated rings. The van der Waals surface area contributed by atoms with Gasteiger partial charge in [-0.2, -0.15) is 13.2 Å². The average molecular weight is 567 g/mol. The molecule has 1 amide bonds. The van der Waals surface area contributed by atoms with E-state index in [4.69, 9.17) is 23.2 Å². The predicted molar refractivity (Wildman–Crippen MR) is 122 cm³/mol. The first-order valence-electron chi connectivity index (χ1n) is 10.6. The molecule has 36 heavy (non-hydrogen) atoms. The Morgan fingerprint density at radius 2 is 1.89 bits per heavy atom. The largest absolute Gasteiger partial charge is 0.484 e. The number of carboxylic acids is 1. The van der Waals surface area contributed by atoms with E-state index in [0.717, 1.165) is 23.1 Å². The lowest BCUT2D eigenvalue weighted by molar-refractivity contribution is -0.153. The van der Waals surface area contributed by atoms with Crippen molar-refractivity contribution >= 4 is 44.9 Å². The predicted octanol–water partition coefficient (Wildman–Crippen LogP) is 3.89. The fourth-order valence-corrected chi connectivity index (χ4v) is 6.66. The van der Waals surface area contributed by atoms with Gasteiger partial charge in [0.2, 0.25) is 5.91 Å². The Morgan fingerprint density at radius 1 is 1.19 bits per heavy atom. The summed E-state index contributed by atoms with van der Waals surface area (Å²) in [6.07, 6.45) is -2.64. The number of carboxylic acid groups (broad SMARTS) is 1. The number of aliphatic carboxylic acids is 1. The quantitative estimate of drug-likeness (QED) is 0.505. The number of carbonyl (C=O) groups is 2. The molecule has 0 spiro atoms. The molecule has 2 atom stereocenters. The smallest absolute Gasteiger partial charge is 0.422 e. The van der Waals surface area contributed by atoms with Crippen LogP contribution in [0.15, 0.2) is 41.4 Å². The van der Waals surface area contributed by atoms with Gasteiger partial charge in [-0.3, -0.25) is 4.79 Å². The number of hydrogen-bond acceptors (Lipinski definition) is 6. The van der Waals surface area contributed by atoms with E-state index in [1.54, 1.807) is 6.07 Å². The lowest BCUT2D eigenvalue weighted by Crippen LogP contribution is -2.46. The molecule has 0 radical (unpaired) electrons. The van der Waals surface area contributed by atoms with Crippen LogP contribution in [0.4, 0.5) is 13.2 Å². The highest BCUT2D eigenvalue weighted by molar-refractivity contribution is 7.92. The van der Waals surface area contributed by atoms with Crippen LogP contribution in [0.5, 0.6) is 5.75 Å². The third-order valence-electron chi connectivity index (χ3n) is 6.30. The summed E-state index contributed by atoms with van der Waals surface area (Å²) < 4.78 is 68.4. The molecule has 2 aromatic rings. The third-order valence-corrected chi connectivity index (χ3v) is 9.14. The third kappa shape index (κ3) is 5.12. The number of likely N-dealkylation sites (tertiary alicyclic amines) is 1. The van der Waals surface area contributed by atoms with Crippen LogP contribution in [0, 0.1) is 0 Å². The summed E-state index contributed by atoms with van der Waals surface area (Å²) in [6, 6.07) is 4.74. The molecule has 1 aliphatic heterocycles. The van der Waals surface area contributed by atoms with Crippen molar-refractivity contribution in [1.82, 2.24) is 9.88 Å².